The van der Waals surface area contributed by atoms with Gasteiger partial charge in [0, 0.05) is 17.1 Å². The van der Waals surface area contributed by atoms with Crippen molar-refractivity contribution in [3.8, 4) is 6.07 Å². The Morgan fingerprint density at radius 3 is 2.61 bits per heavy atom. The van der Waals surface area contributed by atoms with Crippen LogP contribution in [0.15, 0.2) is 41.8 Å². The zero-order chi connectivity index (χ0) is 12.8. The Hall–Kier alpha value is -1.79. The molecule has 0 amide bonds. The predicted octanol–water partition coefficient (Wildman–Crippen LogP) is 3.98. The average molecular weight is 256 g/mol. The Morgan fingerprint density at radius 1 is 1.22 bits per heavy atom. The summed E-state index contributed by atoms with van der Waals surface area (Å²) in [5.41, 5.74) is 2.44. The zero-order valence-electron chi connectivity index (χ0n) is 10.5. The van der Waals surface area contributed by atoms with Crippen molar-refractivity contribution in [1.29, 1.82) is 5.26 Å². The molecule has 0 fully saturated rings. The van der Waals surface area contributed by atoms with Crippen LogP contribution in [0.1, 0.15) is 16.9 Å². The highest BCUT2D eigenvalue weighted by molar-refractivity contribution is 7.09. The third-order valence-corrected chi connectivity index (χ3v) is 3.68. The predicted molar refractivity (Wildman–Crippen MR) is 76.8 cm³/mol. The number of thiophene rings is 1. The molecule has 0 spiro atoms. The molecule has 0 bridgehead atoms. The molecule has 0 aliphatic carbocycles. The lowest BCUT2D eigenvalue weighted by molar-refractivity contribution is 0.806. The van der Waals surface area contributed by atoms with Crippen LogP contribution in [0.25, 0.3) is 0 Å². The maximum Gasteiger partial charge on any atom is 0.0640 e. The molecule has 2 rings (SSSR count). The van der Waals surface area contributed by atoms with Gasteiger partial charge in [-0.15, -0.1) is 11.3 Å². The topological polar surface area (TPSA) is 27.0 Å². The molecule has 0 saturated heterocycles. The van der Waals surface area contributed by atoms with Crippen molar-refractivity contribution in [1.82, 2.24) is 0 Å². The Labute approximate surface area is 112 Å². The summed E-state index contributed by atoms with van der Waals surface area (Å²) >= 11 is 1.76. The largest absolute Gasteiger partial charge is 0.365 e. The van der Waals surface area contributed by atoms with E-state index in [1.807, 2.05) is 0 Å². The average Bonchev–Trinajstić information content (AvgIpc) is 2.88. The molecule has 2 nitrogen and oxygen atoms in total. The van der Waals surface area contributed by atoms with Gasteiger partial charge in [0.05, 0.1) is 19.0 Å². The van der Waals surface area contributed by atoms with E-state index >= 15 is 0 Å². The summed E-state index contributed by atoms with van der Waals surface area (Å²) in [7, 11) is 0. The number of nitrogens with zero attached hydrogens (tertiary/aromatic N) is 2. The molecule has 0 aliphatic heterocycles. The summed E-state index contributed by atoms with van der Waals surface area (Å²) in [5.74, 6) is 0. The molecule has 0 unspecified atom stereocenters. The first kappa shape index (κ1) is 12.7. The molecule has 18 heavy (non-hydrogen) atoms. The van der Waals surface area contributed by atoms with Crippen molar-refractivity contribution in [3.63, 3.8) is 0 Å². The van der Waals surface area contributed by atoms with Gasteiger partial charge in [-0.1, -0.05) is 23.8 Å². The molecular formula is C15H16N2S. The minimum absolute atomic E-state index is 0.555. The fourth-order valence-corrected chi connectivity index (χ4v) is 2.55. The Balaban J connectivity index is 2.14. The fourth-order valence-electron chi connectivity index (χ4n) is 1.83. The molecule has 1 heterocycles. The minimum atomic E-state index is 0.555. The molecule has 0 N–H and O–H groups in total. The zero-order valence-corrected chi connectivity index (χ0v) is 11.3. The van der Waals surface area contributed by atoms with E-state index in [0.29, 0.717) is 6.42 Å². The summed E-state index contributed by atoms with van der Waals surface area (Å²) in [6.07, 6.45) is 0.555. The highest BCUT2D eigenvalue weighted by atomic mass is 32.1. The summed E-state index contributed by atoms with van der Waals surface area (Å²) in [4.78, 5) is 3.59. The maximum absolute atomic E-state index is 8.76. The molecule has 3 heteroatoms. The second kappa shape index (κ2) is 6.23. The number of nitriles is 1. The lowest BCUT2D eigenvalue weighted by Crippen LogP contribution is -2.23. The van der Waals surface area contributed by atoms with Gasteiger partial charge < -0.3 is 4.90 Å². The second-order valence-corrected chi connectivity index (χ2v) is 5.28. The van der Waals surface area contributed by atoms with E-state index in [-0.39, 0.29) is 0 Å². The highest BCUT2D eigenvalue weighted by Crippen LogP contribution is 2.20. The van der Waals surface area contributed by atoms with Crippen molar-refractivity contribution in [2.45, 2.75) is 19.9 Å². The SMILES string of the molecule is Cc1ccc(N(CCC#N)Cc2cccs2)cc1. The quantitative estimate of drug-likeness (QED) is 0.809. The van der Waals surface area contributed by atoms with Crippen LogP contribution >= 0.6 is 11.3 Å². The Bertz CT molecular complexity index is 508. The number of anilines is 1. The molecule has 1 aromatic carbocycles. The van der Waals surface area contributed by atoms with Crippen LogP contribution in [-0.2, 0) is 6.54 Å². The summed E-state index contributed by atoms with van der Waals surface area (Å²) in [5, 5.41) is 10.8. The van der Waals surface area contributed by atoms with Crippen LogP contribution in [0.2, 0.25) is 0 Å². The number of benzene rings is 1. The molecule has 1 aromatic heterocycles. The normalized spacial score (nSPS) is 10.0. The Kier molecular flexibility index (Phi) is 4.38. The van der Waals surface area contributed by atoms with Gasteiger partial charge in [0.25, 0.3) is 0 Å². The van der Waals surface area contributed by atoms with Crippen LogP contribution in [-0.4, -0.2) is 6.54 Å². The van der Waals surface area contributed by atoms with Crippen molar-refractivity contribution >= 4 is 17.0 Å². The van der Waals surface area contributed by atoms with E-state index in [9.17, 15) is 0 Å². The first-order valence-electron chi connectivity index (χ1n) is 6.00. The number of rotatable bonds is 5. The van der Waals surface area contributed by atoms with Crippen LogP contribution < -0.4 is 4.90 Å². The maximum atomic E-state index is 8.76. The summed E-state index contributed by atoms with van der Waals surface area (Å²) < 4.78 is 0. The monoisotopic (exact) mass is 256 g/mol. The Morgan fingerprint density at radius 2 is 2.00 bits per heavy atom. The van der Waals surface area contributed by atoms with Gasteiger partial charge in [-0.25, -0.2) is 0 Å². The van der Waals surface area contributed by atoms with E-state index in [0.717, 1.165) is 13.1 Å². The van der Waals surface area contributed by atoms with E-state index in [2.05, 4.69) is 59.7 Å². The summed E-state index contributed by atoms with van der Waals surface area (Å²) in [6, 6.07) is 14.9. The molecule has 0 saturated carbocycles. The van der Waals surface area contributed by atoms with E-state index in [1.54, 1.807) is 11.3 Å². The molecule has 0 atom stereocenters. The van der Waals surface area contributed by atoms with Gasteiger partial charge >= 0.3 is 0 Å². The molecule has 2 aromatic rings. The van der Waals surface area contributed by atoms with Crippen molar-refractivity contribution in [3.05, 3.63) is 52.2 Å². The number of hydrogen-bond acceptors (Lipinski definition) is 3. The van der Waals surface area contributed by atoms with Crippen LogP contribution in [0.4, 0.5) is 5.69 Å². The lowest BCUT2D eigenvalue weighted by atomic mass is 10.2. The van der Waals surface area contributed by atoms with Crippen LogP contribution in [0, 0.1) is 18.3 Å². The first-order valence-corrected chi connectivity index (χ1v) is 6.88. The van der Waals surface area contributed by atoms with Gasteiger partial charge in [0.15, 0.2) is 0 Å². The van der Waals surface area contributed by atoms with Crippen molar-refractivity contribution in [2.75, 3.05) is 11.4 Å². The van der Waals surface area contributed by atoms with E-state index < -0.39 is 0 Å². The van der Waals surface area contributed by atoms with Gasteiger partial charge in [0.2, 0.25) is 0 Å². The summed E-state index contributed by atoms with van der Waals surface area (Å²) in [6.45, 7) is 3.74. The van der Waals surface area contributed by atoms with Crippen molar-refractivity contribution in [2.24, 2.45) is 0 Å². The molecular weight excluding hydrogens is 240 g/mol. The van der Waals surface area contributed by atoms with Gasteiger partial charge in [0.1, 0.15) is 0 Å². The first-order chi connectivity index (χ1) is 8.79. The molecule has 92 valence electrons. The van der Waals surface area contributed by atoms with E-state index in [1.165, 1.54) is 16.1 Å². The lowest BCUT2D eigenvalue weighted by Gasteiger charge is -2.23. The smallest absolute Gasteiger partial charge is 0.0640 e. The highest BCUT2D eigenvalue weighted by Gasteiger charge is 2.07. The standard InChI is InChI=1S/C15H16N2S/c1-13-5-7-14(8-6-13)17(10-3-9-16)12-15-4-2-11-18-15/h2,4-8,11H,3,10,12H2,1H3. The number of aryl methyl sites for hydroxylation is 1. The minimum Gasteiger partial charge on any atom is -0.365 e. The number of hydrogen-bond donors (Lipinski definition) is 0. The van der Waals surface area contributed by atoms with Crippen molar-refractivity contribution < 1.29 is 0 Å². The van der Waals surface area contributed by atoms with Gasteiger partial charge in [-0.2, -0.15) is 5.26 Å². The molecule has 0 radical (unpaired) electrons. The van der Waals surface area contributed by atoms with E-state index in [4.69, 9.17) is 5.26 Å². The second-order valence-electron chi connectivity index (χ2n) is 4.24. The van der Waals surface area contributed by atoms with Gasteiger partial charge in [-0.3, -0.25) is 0 Å². The third-order valence-electron chi connectivity index (χ3n) is 2.82. The fraction of sp³-hybridized carbons (Fsp3) is 0.267. The third kappa shape index (κ3) is 3.35. The van der Waals surface area contributed by atoms with Gasteiger partial charge in [-0.05, 0) is 30.5 Å². The molecule has 0 aliphatic rings. The van der Waals surface area contributed by atoms with Crippen LogP contribution in [0.5, 0.6) is 0 Å². The van der Waals surface area contributed by atoms with Crippen LogP contribution in [0.3, 0.4) is 0 Å².